The van der Waals surface area contributed by atoms with Gasteiger partial charge >= 0.3 is 12.1 Å². The van der Waals surface area contributed by atoms with E-state index >= 15 is 0 Å². The lowest BCUT2D eigenvalue weighted by Crippen LogP contribution is -2.41. The van der Waals surface area contributed by atoms with Gasteiger partial charge in [0.1, 0.15) is 13.1 Å². The number of carboxylic acid groups (broad SMARTS) is 1. The van der Waals surface area contributed by atoms with Crippen LogP contribution < -0.4 is 0 Å². The summed E-state index contributed by atoms with van der Waals surface area (Å²) in [5.74, 6) is -2.44. The van der Waals surface area contributed by atoms with Gasteiger partial charge in [0.25, 0.3) is 0 Å². The van der Waals surface area contributed by atoms with Crippen molar-refractivity contribution in [2.24, 2.45) is 0 Å². The first-order chi connectivity index (χ1) is 7.11. The van der Waals surface area contributed by atoms with E-state index in [1.807, 2.05) is 0 Å². The van der Waals surface area contributed by atoms with Crippen molar-refractivity contribution < 1.29 is 27.9 Å². The van der Waals surface area contributed by atoms with Crippen LogP contribution in [-0.2, 0) is 9.59 Å². The molecule has 0 aliphatic heterocycles. The van der Waals surface area contributed by atoms with Crippen molar-refractivity contribution >= 4 is 11.9 Å². The van der Waals surface area contributed by atoms with E-state index in [0.29, 0.717) is 5.57 Å². The summed E-state index contributed by atoms with van der Waals surface area (Å²) in [7, 11) is 0. The number of aliphatic carboxylic acids is 1. The molecule has 0 heterocycles. The van der Waals surface area contributed by atoms with E-state index in [1.165, 1.54) is 13.8 Å². The molecule has 0 aromatic carbocycles. The van der Waals surface area contributed by atoms with E-state index in [1.54, 1.807) is 0 Å². The molecular weight excluding hydrogens is 227 g/mol. The molecule has 0 spiro atoms. The average molecular weight is 239 g/mol. The van der Waals surface area contributed by atoms with Crippen LogP contribution in [-0.4, -0.2) is 41.1 Å². The second-order valence-electron chi connectivity index (χ2n) is 3.42. The highest BCUT2D eigenvalue weighted by atomic mass is 19.4. The molecule has 0 aliphatic carbocycles. The highest BCUT2D eigenvalue weighted by Gasteiger charge is 2.33. The highest BCUT2D eigenvalue weighted by Crippen LogP contribution is 2.16. The van der Waals surface area contributed by atoms with Crippen LogP contribution in [0.15, 0.2) is 11.6 Å². The van der Waals surface area contributed by atoms with Crippen LogP contribution in [0.2, 0.25) is 0 Å². The van der Waals surface area contributed by atoms with Crippen molar-refractivity contribution in [1.82, 2.24) is 4.90 Å². The van der Waals surface area contributed by atoms with Crippen molar-refractivity contribution in [3.05, 3.63) is 11.6 Å². The summed E-state index contributed by atoms with van der Waals surface area (Å²) in [5, 5.41) is 8.38. The standard InChI is InChI=1S/C9H12F3NO3/c1-6(2)3-7(14)13(4-8(15)16)5-9(10,11)12/h3H,4-5H2,1-2H3,(H,15,16). The molecule has 0 fully saturated rings. The largest absolute Gasteiger partial charge is 0.480 e. The first-order valence-electron chi connectivity index (χ1n) is 4.34. The summed E-state index contributed by atoms with van der Waals surface area (Å²) < 4.78 is 36.1. The number of amides is 1. The Balaban J connectivity index is 4.74. The fourth-order valence-electron chi connectivity index (χ4n) is 0.930. The Morgan fingerprint density at radius 2 is 1.81 bits per heavy atom. The Bertz CT molecular complexity index is 306. The quantitative estimate of drug-likeness (QED) is 0.755. The van der Waals surface area contributed by atoms with Gasteiger partial charge in [-0.05, 0) is 13.8 Å². The number of nitrogens with zero attached hydrogens (tertiary/aromatic N) is 1. The van der Waals surface area contributed by atoms with Crippen LogP contribution in [0.1, 0.15) is 13.8 Å². The second-order valence-corrected chi connectivity index (χ2v) is 3.42. The van der Waals surface area contributed by atoms with Gasteiger partial charge in [0.05, 0.1) is 0 Å². The minimum absolute atomic E-state index is 0.231. The van der Waals surface area contributed by atoms with E-state index in [2.05, 4.69) is 0 Å². The van der Waals surface area contributed by atoms with Crippen molar-refractivity contribution in [3.8, 4) is 0 Å². The molecule has 0 saturated carbocycles. The zero-order chi connectivity index (χ0) is 12.9. The van der Waals surface area contributed by atoms with Crippen LogP contribution in [0.3, 0.4) is 0 Å². The number of hydrogen-bond acceptors (Lipinski definition) is 2. The number of rotatable bonds is 4. The van der Waals surface area contributed by atoms with Gasteiger partial charge in [-0.15, -0.1) is 0 Å². The number of hydrogen-bond donors (Lipinski definition) is 1. The monoisotopic (exact) mass is 239 g/mol. The third-order valence-corrected chi connectivity index (χ3v) is 1.42. The average Bonchev–Trinajstić information content (AvgIpc) is 1.97. The topological polar surface area (TPSA) is 57.6 Å². The molecule has 0 saturated heterocycles. The first-order valence-corrected chi connectivity index (χ1v) is 4.34. The van der Waals surface area contributed by atoms with Gasteiger partial charge in [0, 0.05) is 6.08 Å². The summed E-state index contributed by atoms with van der Waals surface area (Å²) in [5.41, 5.74) is 0.502. The smallest absolute Gasteiger partial charge is 0.406 e. The van der Waals surface area contributed by atoms with Crippen molar-refractivity contribution in [2.45, 2.75) is 20.0 Å². The van der Waals surface area contributed by atoms with Crippen LogP contribution in [0.4, 0.5) is 13.2 Å². The fraction of sp³-hybridized carbons (Fsp3) is 0.556. The molecule has 7 heteroatoms. The third kappa shape index (κ3) is 6.86. The maximum atomic E-state index is 12.0. The van der Waals surface area contributed by atoms with Crippen LogP contribution in [0.5, 0.6) is 0 Å². The molecule has 1 amide bonds. The molecule has 16 heavy (non-hydrogen) atoms. The summed E-state index contributed by atoms with van der Waals surface area (Å²) >= 11 is 0. The molecule has 0 bridgehead atoms. The van der Waals surface area contributed by atoms with Crippen LogP contribution in [0.25, 0.3) is 0 Å². The fourth-order valence-corrected chi connectivity index (χ4v) is 0.930. The van der Waals surface area contributed by atoms with Gasteiger partial charge in [-0.25, -0.2) is 0 Å². The summed E-state index contributed by atoms with van der Waals surface area (Å²) in [6.45, 7) is 0.527. The van der Waals surface area contributed by atoms with E-state index in [9.17, 15) is 22.8 Å². The zero-order valence-electron chi connectivity index (χ0n) is 8.84. The molecule has 0 unspecified atom stereocenters. The molecule has 92 valence electrons. The number of carbonyl (C=O) groups excluding carboxylic acids is 1. The minimum atomic E-state index is -4.61. The van der Waals surface area contributed by atoms with Crippen LogP contribution >= 0.6 is 0 Å². The number of carbonyl (C=O) groups is 2. The molecule has 1 N–H and O–H groups in total. The molecule has 0 rings (SSSR count). The van der Waals surface area contributed by atoms with E-state index < -0.39 is 31.1 Å². The van der Waals surface area contributed by atoms with Gasteiger partial charge in [0.2, 0.25) is 5.91 Å². The van der Waals surface area contributed by atoms with Gasteiger partial charge < -0.3 is 10.0 Å². The molecule has 4 nitrogen and oxygen atoms in total. The van der Waals surface area contributed by atoms with Gasteiger partial charge in [0.15, 0.2) is 0 Å². The summed E-state index contributed by atoms with van der Waals surface area (Å²) in [6.07, 6.45) is -3.64. The van der Waals surface area contributed by atoms with Gasteiger partial charge in [-0.1, -0.05) is 5.57 Å². The predicted molar refractivity (Wildman–Crippen MR) is 49.7 cm³/mol. The molecule has 0 radical (unpaired) electrons. The Labute approximate surface area is 90.3 Å². The molecule has 0 atom stereocenters. The van der Waals surface area contributed by atoms with Gasteiger partial charge in [-0.2, -0.15) is 13.2 Å². The second kappa shape index (κ2) is 5.53. The predicted octanol–water partition coefficient (Wildman–Crippen LogP) is 1.43. The number of alkyl halides is 3. The summed E-state index contributed by atoms with van der Waals surface area (Å²) in [4.78, 5) is 21.8. The van der Waals surface area contributed by atoms with Gasteiger partial charge in [-0.3, -0.25) is 9.59 Å². The maximum absolute atomic E-state index is 12.0. The zero-order valence-corrected chi connectivity index (χ0v) is 8.84. The van der Waals surface area contributed by atoms with Crippen LogP contribution in [0, 0.1) is 0 Å². The first kappa shape index (κ1) is 14.5. The molecule has 0 aliphatic rings. The molecular formula is C9H12F3NO3. The number of allylic oxidation sites excluding steroid dienone is 1. The molecule has 0 aromatic rings. The Hall–Kier alpha value is -1.53. The van der Waals surface area contributed by atoms with Crippen molar-refractivity contribution in [1.29, 1.82) is 0 Å². The Morgan fingerprint density at radius 3 is 2.12 bits per heavy atom. The highest BCUT2D eigenvalue weighted by molar-refractivity contribution is 5.90. The van der Waals surface area contributed by atoms with Crippen molar-refractivity contribution in [3.63, 3.8) is 0 Å². The number of carboxylic acids is 1. The maximum Gasteiger partial charge on any atom is 0.406 e. The SMILES string of the molecule is CC(C)=CC(=O)N(CC(=O)O)CC(F)(F)F. The summed E-state index contributed by atoms with van der Waals surface area (Å²) in [6, 6.07) is 0. The normalized spacial score (nSPS) is 10.8. The lowest BCUT2D eigenvalue weighted by molar-refractivity contribution is -0.163. The van der Waals surface area contributed by atoms with E-state index in [4.69, 9.17) is 5.11 Å². The Morgan fingerprint density at radius 1 is 1.31 bits per heavy atom. The van der Waals surface area contributed by atoms with Crippen molar-refractivity contribution in [2.75, 3.05) is 13.1 Å². The molecule has 0 aromatic heterocycles. The lowest BCUT2D eigenvalue weighted by Gasteiger charge is -2.20. The number of halogens is 3. The van der Waals surface area contributed by atoms with E-state index in [-0.39, 0.29) is 4.90 Å². The van der Waals surface area contributed by atoms with E-state index in [0.717, 1.165) is 6.08 Å². The minimum Gasteiger partial charge on any atom is -0.480 e. The Kier molecular flexibility index (Phi) is 5.00. The lowest BCUT2D eigenvalue weighted by atomic mass is 10.3. The third-order valence-electron chi connectivity index (χ3n) is 1.42.